The molecule has 26 heavy (non-hydrogen) atoms. The van der Waals surface area contributed by atoms with E-state index >= 15 is 0 Å². The van der Waals surface area contributed by atoms with Crippen molar-refractivity contribution in [3.8, 4) is 0 Å². The molecule has 0 unspecified atom stereocenters. The Labute approximate surface area is 164 Å². The summed E-state index contributed by atoms with van der Waals surface area (Å²) in [5.74, 6) is -0.195. The number of nitrogens with zero attached hydrogens (tertiary/aromatic N) is 1. The molecule has 0 aliphatic rings. The SMILES string of the molecule is Cc1ccc(Cl)cc1NC(=O)CCCN(c1ccc(Cl)cc1)S(C)(=O)=O. The number of sulfonamides is 1. The van der Waals surface area contributed by atoms with Crippen LogP contribution >= 0.6 is 23.2 Å². The number of hydrogen-bond acceptors (Lipinski definition) is 3. The smallest absolute Gasteiger partial charge is 0.232 e. The first kappa shape index (κ1) is 20.6. The highest BCUT2D eigenvalue weighted by molar-refractivity contribution is 7.92. The normalized spacial score (nSPS) is 11.2. The van der Waals surface area contributed by atoms with Crippen LogP contribution in [0.5, 0.6) is 0 Å². The van der Waals surface area contributed by atoms with Crippen LogP contribution in [0.1, 0.15) is 18.4 Å². The van der Waals surface area contributed by atoms with E-state index in [1.54, 1.807) is 36.4 Å². The predicted octanol–water partition coefficient (Wildman–Crippen LogP) is 4.49. The van der Waals surface area contributed by atoms with Crippen molar-refractivity contribution in [2.45, 2.75) is 19.8 Å². The number of anilines is 2. The number of carbonyl (C=O) groups excluding carboxylic acids is 1. The number of aryl methyl sites for hydroxylation is 1. The van der Waals surface area contributed by atoms with Gasteiger partial charge in [-0.1, -0.05) is 29.3 Å². The van der Waals surface area contributed by atoms with Crippen LogP contribution in [0.3, 0.4) is 0 Å². The number of carbonyl (C=O) groups is 1. The van der Waals surface area contributed by atoms with Crippen LogP contribution in [0.15, 0.2) is 42.5 Å². The lowest BCUT2D eigenvalue weighted by atomic mass is 10.2. The van der Waals surface area contributed by atoms with Crippen molar-refractivity contribution in [2.75, 3.05) is 22.4 Å². The van der Waals surface area contributed by atoms with Crippen LogP contribution < -0.4 is 9.62 Å². The number of nitrogens with one attached hydrogen (secondary N) is 1. The van der Waals surface area contributed by atoms with Gasteiger partial charge in [-0.25, -0.2) is 8.42 Å². The largest absolute Gasteiger partial charge is 0.326 e. The van der Waals surface area contributed by atoms with E-state index in [0.29, 0.717) is 27.8 Å². The summed E-state index contributed by atoms with van der Waals surface area (Å²) in [6.07, 6.45) is 1.70. The summed E-state index contributed by atoms with van der Waals surface area (Å²) >= 11 is 11.8. The molecule has 2 aromatic rings. The van der Waals surface area contributed by atoms with Crippen LogP contribution in [-0.4, -0.2) is 27.1 Å². The van der Waals surface area contributed by atoms with E-state index in [-0.39, 0.29) is 18.9 Å². The number of benzene rings is 2. The molecule has 0 saturated carbocycles. The first-order valence-electron chi connectivity index (χ1n) is 7.96. The Hall–Kier alpha value is -1.76. The second kappa shape index (κ2) is 8.75. The van der Waals surface area contributed by atoms with E-state index in [2.05, 4.69) is 5.32 Å². The second-order valence-corrected chi connectivity index (χ2v) is 8.70. The minimum Gasteiger partial charge on any atom is -0.326 e. The molecule has 0 bridgehead atoms. The number of halogens is 2. The molecular weight excluding hydrogens is 395 g/mol. The molecule has 0 heterocycles. The second-order valence-electron chi connectivity index (χ2n) is 5.92. The summed E-state index contributed by atoms with van der Waals surface area (Å²) in [5, 5.41) is 3.87. The highest BCUT2D eigenvalue weighted by Crippen LogP contribution is 2.22. The van der Waals surface area contributed by atoms with Crippen LogP contribution in [0, 0.1) is 6.92 Å². The maximum Gasteiger partial charge on any atom is 0.232 e. The fraction of sp³-hybridized carbons (Fsp3) is 0.278. The average Bonchev–Trinajstić information content (AvgIpc) is 2.55. The van der Waals surface area contributed by atoms with E-state index in [1.165, 1.54) is 4.31 Å². The molecule has 0 atom stereocenters. The zero-order chi connectivity index (χ0) is 19.3. The molecular formula is C18H20Cl2N2O3S. The Morgan fingerprint density at radius 1 is 1.08 bits per heavy atom. The van der Waals surface area contributed by atoms with E-state index in [4.69, 9.17) is 23.2 Å². The third-order valence-corrected chi connectivity index (χ3v) is 5.43. The van der Waals surface area contributed by atoms with Crippen LogP contribution in [0.4, 0.5) is 11.4 Å². The van der Waals surface area contributed by atoms with Crippen LogP contribution in [0.25, 0.3) is 0 Å². The van der Waals surface area contributed by atoms with Gasteiger partial charge in [-0.15, -0.1) is 0 Å². The monoisotopic (exact) mass is 414 g/mol. The number of amides is 1. The molecule has 140 valence electrons. The van der Waals surface area contributed by atoms with Gasteiger partial charge in [0, 0.05) is 28.7 Å². The van der Waals surface area contributed by atoms with Crippen molar-refractivity contribution in [1.29, 1.82) is 0 Å². The fourth-order valence-electron chi connectivity index (χ4n) is 2.42. The van der Waals surface area contributed by atoms with Crippen LogP contribution in [-0.2, 0) is 14.8 Å². The summed E-state index contributed by atoms with van der Waals surface area (Å²) in [7, 11) is -3.46. The van der Waals surface area contributed by atoms with Crippen molar-refractivity contribution in [1.82, 2.24) is 0 Å². The molecule has 0 radical (unpaired) electrons. The van der Waals surface area contributed by atoms with Crippen molar-refractivity contribution in [3.05, 3.63) is 58.1 Å². The lowest BCUT2D eigenvalue weighted by Gasteiger charge is -2.22. The Balaban J connectivity index is 1.98. The summed E-state index contributed by atoms with van der Waals surface area (Å²) < 4.78 is 25.4. The van der Waals surface area contributed by atoms with Gasteiger partial charge >= 0.3 is 0 Å². The maximum atomic E-state index is 12.1. The Kier molecular flexibility index (Phi) is 6.92. The third kappa shape index (κ3) is 5.90. The van der Waals surface area contributed by atoms with E-state index in [0.717, 1.165) is 11.8 Å². The van der Waals surface area contributed by atoms with Crippen LogP contribution in [0.2, 0.25) is 10.0 Å². The predicted molar refractivity (Wildman–Crippen MR) is 108 cm³/mol. The van der Waals surface area contributed by atoms with Gasteiger partial charge in [-0.3, -0.25) is 9.10 Å². The van der Waals surface area contributed by atoms with Gasteiger partial charge in [0.05, 0.1) is 11.9 Å². The fourth-order valence-corrected chi connectivity index (χ4v) is 3.68. The molecule has 1 amide bonds. The summed E-state index contributed by atoms with van der Waals surface area (Å²) in [5.41, 5.74) is 2.07. The Bertz CT molecular complexity index is 884. The molecule has 0 saturated heterocycles. The van der Waals surface area contributed by atoms with Gasteiger partial charge in [0.25, 0.3) is 0 Å². The molecule has 2 aromatic carbocycles. The van der Waals surface area contributed by atoms with Crippen molar-refractivity contribution in [2.24, 2.45) is 0 Å². The van der Waals surface area contributed by atoms with Gasteiger partial charge in [0.15, 0.2) is 0 Å². The minimum atomic E-state index is -3.46. The van der Waals surface area contributed by atoms with Crippen molar-refractivity contribution >= 4 is 50.5 Å². The summed E-state index contributed by atoms with van der Waals surface area (Å²) in [6, 6.07) is 11.8. The average molecular weight is 415 g/mol. The first-order valence-corrected chi connectivity index (χ1v) is 10.6. The number of hydrogen-bond donors (Lipinski definition) is 1. The van der Waals surface area contributed by atoms with Gasteiger partial charge in [0.2, 0.25) is 15.9 Å². The minimum absolute atomic E-state index is 0.186. The standard InChI is InChI=1S/C18H20Cl2N2O3S/c1-13-5-6-15(20)12-17(13)21-18(23)4-3-11-22(26(2,24)25)16-9-7-14(19)8-10-16/h5-10,12H,3-4,11H2,1-2H3,(H,21,23). The highest BCUT2D eigenvalue weighted by atomic mass is 35.5. The highest BCUT2D eigenvalue weighted by Gasteiger charge is 2.17. The van der Waals surface area contributed by atoms with E-state index < -0.39 is 10.0 Å². The van der Waals surface area contributed by atoms with E-state index in [9.17, 15) is 13.2 Å². The summed E-state index contributed by atoms with van der Waals surface area (Å²) in [4.78, 5) is 12.1. The zero-order valence-electron chi connectivity index (χ0n) is 14.5. The van der Waals surface area contributed by atoms with Crippen molar-refractivity contribution in [3.63, 3.8) is 0 Å². The topological polar surface area (TPSA) is 66.5 Å². The molecule has 8 heteroatoms. The van der Waals surface area contributed by atoms with E-state index in [1.807, 2.05) is 13.0 Å². The molecule has 0 aromatic heterocycles. The molecule has 0 spiro atoms. The van der Waals surface area contributed by atoms with Gasteiger partial charge in [-0.2, -0.15) is 0 Å². The van der Waals surface area contributed by atoms with Gasteiger partial charge < -0.3 is 5.32 Å². The molecule has 5 nitrogen and oxygen atoms in total. The Morgan fingerprint density at radius 2 is 1.69 bits per heavy atom. The number of rotatable bonds is 7. The van der Waals surface area contributed by atoms with Gasteiger partial charge in [0.1, 0.15) is 0 Å². The van der Waals surface area contributed by atoms with Crippen molar-refractivity contribution < 1.29 is 13.2 Å². The molecule has 0 aliphatic carbocycles. The first-order chi connectivity index (χ1) is 12.2. The molecule has 2 rings (SSSR count). The summed E-state index contributed by atoms with van der Waals surface area (Å²) in [6.45, 7) is 2.07. The third-order valence-electron chi connectivity index (χ3n) is 3.75. The maximum absolute atomic E-state index is 12.1. The molecule has 0 aliphatic heterocycles. The lowest BCUT2D eigenvalue weighted by molar-refractivity contribution is -0.116. The molecule has 1 N–H and O–H groups in total. The Morgan fingerprint density at radius 3 is 2.31 bits per heavy atom. The quantitative estimate of drug-likeness (QED) is 0.725. The lowest BCUT2D eigenvalue weighted by Crippen LogP contribution is -2.31. The zero-order valence-corrected chi connectivity index (χ0v) is 16.8. The molecule has 0 fully saturated rings. The van der Waals surface area contributed by atoms with Gasteiger partial charge in [-0.05, 0) is 55.3 Å².